The van der Waals surface area contributed by atoms with Gasteiger partial charge in [0.05, 0.1) is 5.75 Å². The molecule has 0 spiro atoms. The van der Waals surface area contributed by atoms with Crippen molar-refractivity contribution in [2.75, 3.05) is 12.3 Å². The number of carbonyl (C=O) groups excluding carboxylic acids is 2. The predicted molar refractivity (Wildman–Crippen MR) is 122 cm³/mol. The molecule has 29 heavy (non-hydrogen) atoms. The van der Waals surface area contributed by atoms with Crippen LogP contribution >= 0.6 is 23.4 Å². The lowest BCUT2D eigenvalue weighted by Crippen LogP contribution is -2.48. The maximum Gasteiger partial charge on any atom is 0.242 e. The molecule has 0 heterocycles. The first kappa shape index (κ1) is 23.3. The molecular formula is C23H29ClN2O2S. The number of carbonyl (C=O) groups is 2. The maximum atomic E-state index is 13.0. The Labute approximate surface area is 183 Å². The van der Waals surface area contributed by atoms with Gasteiger partial charge in [0.15, 0.2) is 0 Å². The van der Waals surface area contributed by atoms with Gasteiger partial charge in [-0.25, -0.2) is 0 Å². The molecular weight excluding hydrogens is 404 g/mol. The summed E-state index contributed by atoms with van der Waals surface area (Å²) >= 11 is 7.86. The van der Waals surface area contributed by atoms with Crippen molar-refractivity contribution in [3.05, 3.63) is 70.2 Å². The summed E-state index contributed by atoms with van der Waals surface area (Å²) in [6, 6.07) is 15.0. The largest absolute Gasteiger partial charge is 0.354 e. The van der Waals surface area contributed by atoms with Gasteiger partial charge < -0.3 is 10.2 Å². The number of rotatable bonds is 10. The summed E-state index contributed by atoms with van der Waals surface area (Å²) in [5.41, 5.74) is 3.27. The molecule has 2 aromatic rings. The second-order valence-corrected chi connectivity index (χ2v) is 8.39. The highest BCUT2D eigenvalue weighted by Gasteiger charge is 2.26. The van der Waals surface area contributed by atoms with E-state index in [1.54, 1.807) is 29.7 Å². The third-order valence-electron chi connectivity index (χ3n) is 4.76. The van der Waals surface area contributed by atoms with E-state index in [0.717, 1.165) is 17.7 Å². The first-order valence-electron chi connectivity index (χ1n) is 9.86. The van der Waals surface area contributed by atoms with Gasteiger partial charge in [-0.1, -0.05) is 61.0 Å². The van der Waals surface area contributed by atoms with Crippen LogP contribution in [0.4, 0.5) is 0 Å². The molecule has 2 aromatic carbocycles. The molecule has 4 nitrogen and oxygen atoms in total. The monoisotopic (exact) mass is 432 g/mol. The highest BCUT2D eigenvalue weighted by atomic mass is 35.5. The van der Waals surface area contributed by atoms with Crippen LogP contribution in [0.3, 0.4) is 0 Å². The summed E-state index contributed by atoms with van der Waals surface area (Å²) in [7, 11) is 0. The van der Waals surface area contributed by atoms with Gasteiger partial charge in [-0.05, 0) is 43.0 Å². The van der Waals surface area contributed by atoms with Crippen molar-refractivity contribution >= 4 is 35.2 Å². The van der Waals surface area contributed by atoms with E-state index in [1.165, 1.54) is 11.1 Å². The summed E-state index contributed by atoms with van der Waals surface area (Å²) in [5, 5.41) is 3.48. The van der Waals surface area contributed by atoms with Crippen molar-refractivity contribution < 1.29 is 9.59 Å². The molecule has 6 heteroatoms. The average molecular weight is 433 g/mol. The fourth-order valence-electron chi connectivity index (χ4n) is 2.89. The Bertz CT molecular complexity index is 828. The smallest absolute Gasteiger partial charge is 0.242 e. The van der Waals surface area contributed by atoms with E-state index in [-0.39, 0.29) is 11.8 Å². The second kappa shape index (κ2) is 11.9. The number of amides is 2. The van der Waals surface area contributed by atoms with E-state index in [4.69, 9.17) is 11.6 Å². The topological polar surface area (TPSA) is 49.4 Å². The molecule has 1 atom stereocenters. The first-order chi connectivity index (χ1) is 13.9. The highest BCUT2D eigenvalue weighted by molar-refractivity contribution is 7.99. The number of nitrogens with zero attached hydrogens (tertiary/aromatic N) is 1. The van der Waals surface area contributed by atoms with Crippen LogP contribution in [0.5, 0.6) is 0 Å². The van der Waals surface area contributed by atoms with Crippen LogP contribution in [0, 0.1) is 6.92 Å². The fourth-order valence-corrected chi connectivity index (χ4v) is 4.07. The maximum absolute atomic E-state index is 13.0. The van der Waals surface area contributed by atoms with Gasteiger partial charge in [0.25, 0.3) is 0 Å². The number of nitrogens with one attached hydrogen (secondary N) is 1. The quantitative estimate of drug-likeness (QED) is 0.585. The molecule has 2 rings (SSSR count). The Hall–Kier alpha value is -1.98. The van der Waals surface area contributed by atoms with Crippen LogP contribution in [-0.2, 0) is 21.9 Å². The molecule has 0 bridgehead atoms. The third-order valence-corrected chi connectivity index (χ3v) is 6.09. The number of hydrogen-bond acceptors (Lipinski definition) is 3. The molecule has 0 aliphatic heterocycles. The van der Waals surface area contributed by atoms with E-state index in [2.05, 4.69) is 24.4 Å². The van der Waals surface area contributed by atoms with Crippen molar-refractivity contribution in [2.24, 2.45) is 0 Å². The zero-order valence-electron chi connectivity index (χ0n) is 17.3. The zero-order chi connectivity index (χ0) is 21.2. The van der Waals surface area contributed by atoms with E-state index in [1.807, 2.05) is 37.3 Å². The van der Waals surface area contributed by atoms with E-state index in [9.17, 15) is 9.59 Å². The van der Waals surface area contributed by atoms with Crippen molar-refractivity contribution in [1.82, 2.24) is 10.2 Å². The molecule has 0 radical (unpaired) electrons. The van der Waals surface area contributed by atoms with Crippen molar-refractivity contribution in [3.63, 3.8) is 0 Å². The molecule has 156 valence electrons. The van der Waals surface area contributed by atoms with Gasteiger partial charge in [0.1, 0.15) is 6.04 Å². The van der Waals surface area contributed by atoms with Crippen LogP contribution in [0.2, 0.25) is 5.02 Å². The van der Waals surface area contributed by atoms with Gasteiger partial charge in [-0.3, -0.25) is 9.59 Å². The molecule has 0 aromatic heterocycles. The van der Waals surface area contributed by atoms with Crippen LogP contribution in [0.15, 0.2) is 48.5 Å². The van der Waals surface area contributed by atoms with Gasteiger partial charge in [0.2, 0.25) is 11.8 Å². The summed E-state index contributed by atoms with van der Waals surface area (Å²) in [4.78, 5) is 27.2. The standard InChI is InChI=1S/C23H29ClN2O2S/c1-4-13-25-23(28)18(3)26(14-19-10-7-8-12-21(19)24)22(27)16-29-15-20-11-6-5-9-17(20)2/h5-12,18H,4,13-16H2,1-3H3,(H,25,28)/t18-/m1/s1. The molecule has 0 fully saturated rings. The number of hydrogen-bond donors (Lipinski definition) is 1. The molecule has 0 saturated carbocycles. The molecule has 0 aliphatic carbocycles. The Kier molecular flexibility index (Phi) is 9.55. The number of thioether (sulfide) groups is 1. The van der Waals surface area contributed by atoms with E-state index < -0.39 is 6.04 Å². The predicted octanol–water partition coefficient (Wildman–Crippen LogP) is 4.83. The minimum Gasteiger partial charge on any atom is -0.354 e. The Morgan fingerprint density at radius 1 is 1.10 bits per heavy atom. The SMILES string of the molecule is CCCNC(=O)[C@@H](C)N(Cc1ccccc1Cl)C(=O)CSCc1ccccc1C. The normalized spacial score (nSPS) is 11.7. The highest BCUT2D eigenvalue weighted by Crippen LogP contribution is 2.21. The molecule has 2 amide bonds. The lowest BCUT2D eigenvalue weighted by atomic mass is 10.1. The minimum atomic E-state index is -0.565. The van der Waals surface area contributed by atoms with Gasteiger partial charge >= 0.3 is 0 Å². The molecule has 1 N–H and O–H groups in total. The summed E-state index contributed by atoms with van der Waals surface area (Å²) in [6.07, 6.45) is 0.850. The summed E-state index contributed by atoms with van der Waals surface area (Å²) in [6.45, 7) is 6.75. The van der Waals surface area contributed by atoms with Crippen LogP contribution < -0.4 is 5.32 Å². The van der Waals surface area contributed by atoms with Gasteiger partial charge in [-0.15, -0.1) is 11.8 Å². The fraction of sp³-hybridized carbons (Fsp3) is 0.391. The van der Waals surface area contributed by atoms with Crippen molar-refractivity contribution in [3.8, 4) is 0 Å². The third kappa shape index (κ3) is 7.09. The van der Waals surface area contributed by atoms with Crippen LogP contribution in [-0.4, -0.2) is 35.1 Å². The molecule has 0 unspecified atom stereocenters. The van der Waals surface area contributed by atoms with Crippen LogP contribution in [0.25, 0.3) is 0 Å². The first-order valence-corrected chi connectivity index (χ1v) is 11.4. The average Bonchev–Trinajstić information content (AvgIpc) is 2.72. The molecule has 0 saturated heterocycles. The number of aryl methyl sites for hydroxylation is 1. The zero-order valence-corrected chi connectivity index (χ0v) is 18.9. The summed E-state index contributed by atoms with van der Waals surface area (Å²) < 4.78 is 0. The van der Waals surface area contributed by atoms with E-state index in [0.29, 0.717) is 23.9 Å². The number of benzene rings is 2. The second-order valence-electron chi connectivity index (χ2n) is 7.00. The lowest BCUT2D eigenvalue weighted by molar-refractivity contribution is -0.138. The van der Waals surface area contributed by atoms with Crippen molar-refractivity contribution in [1.29, 1.82) is 0 Å². The van der Waals surface area contributed by atoms with Crippen molar-refractivity contribution in [2.45, 2.75) is 45.5 Å². The Morgan fingerprint density at radius 3 is 2.41 bits per heavy atom. The van der Waals surface area contributed by atoms with Gasteiger partial charge in [0, 0.05) is 23.9 Å². The Morgan fingerprint density at radius 2 is 1.76 bits per heavy atom. The number of halogens is 1. The Balaban J connectivity index is 2.08. The summed E-state index contributed by atoms with van der Waals surface area (Å²) in [5.74, 6) is 0.859. The van der Waals surface area contributed by atoms with Crippen LogP contribution in [0.1, 0.15) is 37.0 Å². The minimum absolute atomic E-state index is 0.0670. The lowest BCUT2D eigenvalue weighted by Gasteiger charge is -2.29. The molecule has 0 aliphatic rings. The van der Waals surface area contributed by atoms with E-state index >= 15 is 0 Å². The van der Waals surface area contributed by atoms with Gasteiger partial charge in [-0.2, -0.15) is 0 Å².